The molecule has 0 bridgehead atoms. The molecule has 1 heterocycles. The molecule has 110 valence electrons. The van der Waals surface area contributed by atoms with Crippen molar-refractivity contribution < 1.29 is 9.59 Å². The number of nitrogens with two attached hydrogens (primary N) is 1. The lowest BCUT2D eigenvalue weighted by atomic mass is 10.3. The highest BCUT2D eigenvalue weighted by atomic mass is 16.2. The van der Waals surface area contributed by atoms with E-state index in [2.05, 4.69) is 15.7 Å². The van der Waals surface area contributed by atoms with E-state index in [-0.39, 0.29) is 11.6 Å². The van der Waals surface area contributed by atoms with Crippen LogP contribution >= 0.6 is 0 Å². The van der Waals surface area contributed by atoms with Crippen LogP contribution in [0.3, 0.4) is 0 Å². The maximum Gasteiger partial charge on any atom is 0.272 e. The van der Waals surface area contributed by atoms with Crippen molar-refractivity contribution in [1.82, 2.24) is 20.4 Å². The van der Waals surface area contributed by atoms with Gasteiger partial charge in [0.1, 0.15) is 6.04 Å². The fourth-order valence-electron chi connectivity index (χ4n) is 1.77. The highest BCUT2D eigenvalue weighted by Gasteiger charge is 2.17. The van der Waals surface area contributed by atoms with Gasteiger partial charge in [-0.25, -0.2) is 4.68 Å². The molecule has 0 spiro atoms. The third-order valence-corrected chi connectivity index (χ3v) is 2.97. The quantitative estimate of drug-likeness (QED) is 0.705. The molecule has 7 heteroatoms. The molecule has 0 saturated carbocycles. The van der Waals surface area contributed by atoms with Crippen LogP contribution in [0.2, 0.25) is 0 Å². The number of hydrogen-bond acceptors (Lipinski definition) is 4. The summed E-state index contributed by atoms with van der Waals surface area (Å²) in [6.07, 6.45) is 1.67. The van der Waals surface area contributed by atoms with Gasteiger partial charge in [-0.3, -0.25) is 9.59 Å². The first-order chi connectivity index (χ1) is 10.0. The Kier molecular flexibility index (Phi) is 4.22. The van der Waals surface area contributed by atoms with E-state index >= 15 is 0 Å². The Morgan fingerprint density at radius 2 is 1.90 bits per heavy atom. The van der Waals surface area contributed by atoms with Crippen LogP contribution in [0.15, 0.2) is 36.5 Å². The molecule has 0 aliphatic rings. The van der Waals surface area contributed by atoms with Gasteiger partial charge in [0.2, 0.25) is 5.91 Å². The molecule has 0 aliphatic carbocycles. The number of rotatable bonds is 4. The van der Waals surface area contributed by atoms with Crippen LogP contribution in [0.4, 0.5) is 5.69 Å². The molecule has 1 aromatic carbocycles. The molecular weight excluding hydrogens is 270 g/mol. The van der Waals surface area contributed by atoms with Crippen molar-refractivity contribution in [1.29, 1.82) is 0 Å². The predicted octanol–water partition coefficient (Wildman–Crippen LogP) is 0.319. The molecule has 2 aromatic rings. The summed E-state index contributed by atoms with van der Waals surface area (Å²) in [5.74, 6) is -0.665. The van der Waals surface area contributed by atoms with Crippen molar-refractivity contribution in [2.45, 2.75) is 13.0 Å². The van der Waals surface area contributed by atoms with Crippen molar-refractivity contribution in [3.8, 4) is 5.69 Å². The molecule has 2 amide bonds. The van der Waals surface area contributed by atoms with Gasteiger partial charge in [-0.15, -0.1) is 0 Å². The van der Waals surface area contributed by atoms with Crippen LogP contribution in [-0.2, 0) is 4.79 Å². The van der Waals surface area contributed by atoms with Crippen LogP contribution in [0, 0.1) is 0 Å². The number of amides is 2. The van der Waals surface area contributed by atoms with E-state index in [9.17, 15) is 9.59 Å². The number of carbonyl (C=O) groups is 2. The lowest BCUT2D eigenvalue weighted by Gasteiger charge is -2.10. The molecule has 0 radical (unpaired) electrons. The second-order valence-corrected chi connectivity index (χ2v) is 4.55. The van der Waals surface area contributed by atoms with E-state index in [1.165, 1.54) is 7.05 Å². The lowest BCUT2D eigenvalue weighted by Crippen LogP contribution is -2.43. The van der Waals surface area contributed by atoms with Crippen LogP contribution < -0.4 is 16.4 Å². The first-order valence-electron chi connectivity index (χ1n) is 6.45. The fraction of sp³-hybridized carbons (Fsp3) is 0.214. The molecule has 1 unspecified atom stereocenters. The number of carbonyl (C=O) groups excluding carboxylic acids is 2. The highest BCUT2D eigenvalue weighted by Crippen LogP contribution is 2.10. The Morgan fingerprint density at radius 3 is 2.52 bits per heavy atom. The van der Waals surface area contributed by atoms with Crippen molar-refractivity contribution in [2.24, 2.45) is 0 Å². The minimum Gasteiger partial charge on any atom is -0.399 e. The van der Waals surface area contributed by atoms with Gasteiger partial charge in [-0.2, -0.15) is 5.10 Å². The minimum absolute atomic E-state index is 0.238. The number of likely N-dealkylation sites (N-methyl/N-ethyl adjacent to an activating group) is 1. The predicted molar refractivity (Wildman–Crippen MR) is 79.0 cm³/mol. The van der Waals surface area contributed by atoms with E-state index in [4.69, 9.17) is 5.73 Å². The number of benzene rings is 1. The normalized spacial score (nSPS) is 11.7. The molecule has 21 heavy (non-hydrogen) atoms. The summed E-state index contributed by atoms with van der Waals surface area (Å²) < 4.78 is 1.57. The lowest BCUT2D eigenvalue weighted by molar-refractivity contribution is -0.122. The van der Waals surface area contributed by atoms with E-state index in [1.807, 2.05) is 0 Å². The minimum atomic E-state index is -0.621. The van der Waals surface area contributed by atoms with Gasteiger partial charge in [0.15, 0.2) is 5.69 Å². The SMILES string of the molecule is CNC(=O)C(C)NC(=O)c1ccn(-c2ccc(N)cc2)n1. The Morgan fingerprint density at radius 1 is 1.24 bits per heavy atom. The van der Waals surface area contributed by atoms with Gasteiger partial charge in [0, 0.05) is 18.9 Å². The van der Waals surface area contributed by atoms with Crippen LogP contribution in [0.5, 0.6) is 0 Å². The van der Waals surface area contributed by atoms with E-state index < -0.39 is 11.9 Å². The summed E-state index contributed by atoms with van der Waals surface area (Å²) in [5.41, 5.74) is 7.31. The maximum absolute atomic E-state index is 12.0. The molecule has 7 nitrogen and oxygen atoms in total. The summed E-state index contributed by atoms with van der Waals surface area (Å²) in [5, 5.41) is 9.22. The van der Waals surface area contributed by atoms with Gasteiger partial charge < -0.3 is 16.4 Å². The van der Waals surface area contributed by atoms with Crippen LogP contribution in [-0.4, -0.2) is 34.7 Å². The zero-order chi connectivity index (χ0) is 15.4. The summed E-state index contributed by atoms with van der Waals surface area (Å²) in [6.45, 7) is 1.60. The molecule has 0 saturated heterocycles. The fourth-order valence-corrected chi connectivity index (χ4v) is 1.77. The first-order valence-corrected chi connectivity index (χ1v) is 6.45. The zero-order valence-electron chi connectivity index (χ0n) is 11.8. The molecule has 0 aliphatic heterocycles. The summed E-state index contributed by atoms with van der Waals surface area (Å²) in [6, 6.07) is 8.08. The van der Waals surface area contributed by atoms with Crippen LogP contribution in [0.25, 0.3) is 5.69 Å². The topological polar surface area (TPSA) is 102 Å². The Bertz CT molecular complexity index is 648. The smallest absolute Gasteiger partial charge is 0.272 e. The Labute approximate surface area is 122 Å². The van der Waals surface area contributed by atoms with E-state index in [0.717, 1.165) is 5.69 Å². The average molecular weight is 287 g/mol. The maximum atomic E-state index is 12.0. The molecule has 1 atom stereocenters. The molecule has 4 N–H and O–H groups in total. The van der Waals surface area contributed by atoms with E-state index in [1.54, 1.807) is 48.1 Å². The Hall–Kier alpha value is -2.83. The molecule has 2 rings (SSSR count). The van der Waals surface area contributed by atoms with Crippen molar-refractivity contribution >= 4 is 17.5 Å². The first kappa shape index (κ1) is 14.6. The van der Waals surface area contributed by atoms with Gasteiger partial charge in [0.25, 0.3) is 5.91 Å². The standard InChI is InChI=1S/C14H17N5O2/c1-9(13(20)16-2)17-14(21)12-7-8-19(18-12)11-5-3-10(15)4-6-11/h3-9H,15H2,1-2H3,(H,16,20)(H,17,21). The van der Waals surface area contributed by atoms with Crippen LogP contribution in [0.1, 0.15) is 17.4 Å². The molecule has 0 fully saturated rings. The summed E-state index contributed by atoms with van der Waals surface area (Å²) in [7, 11) is 1.51. The second kappa shape index (κ2) is 6.08. The average Bonchev–Trinajstić information content (AvgIpc) is 2.97. The van der Waals surface area contributed by atoms with Crippen molar-refractivity contribution in [3.05, 3.63) is 42.2 Å². The number of hydrogen-bond donors (Lipinski definition) is 3. The molecule has 1 aromatic heterocycles. The number of nitrogen functional groups attached to an aromatic ring is 1. The van der Waals surface area contributed by atoms with Crippen molar-refractivity contribution in [3.63, 3.8) is 0 Å². The number of anilines is 1. The number of aromatic nitrogens is 2. The monoisotopic (exact) mass is 287 g/mol. The van der Waals surface area contributed by atoms with Gasteiger partial charge >= 0.3 is 0 Å². The second-order valence-electron chi connectivity index (χ2n) is 4.55. The third kappa shape index (κ3) is 3.38. The van der Waals surface area contributed by atoms with Gasteiger partial charge in [-0.1, -0.05) is 0 Å². The summed E-state index contributed by atoms with van der Waals surface area (Å²) >= 11 is 0. The Balaban J connectivity index is 2.10. The molecular formula is C14H17N5O2. The van der Waals surface area contributed by atoms with Gasteiger partial charge in [-0.05, 0) is 37.3 Å². The van der Waals surface area contributed by atoms with Gasteiger partial charge in [0.05, 0.1) is 5.69 Å². The van der Waals surface area contributed by atoms with E-state index in [0.29, 0.717) is 5.69 Å². The number of nitrogens with one attached hydrogen (secondary N) is 2. The largest absolute Gasteiger partial charge is 0.399 e. The highest BCUT2D eigenvalue weighted by molar-refractivity contribution is 5.95. The third-order valence-electron chi connectivity index (χ3n) is 2.97. The van der Waals surface area contributed by atoms with Crippen molar-refractivity contribution in [2.75, 3.05) is 12.8 Å². The number of nitrogens with zero attached hydrogens (tertiary/aromatic N) is 2. The summed E-state index contributed by atoms with van der Waals surface area (Å²) in [4.78, 5) is 23.4. The zero-order valence-corrected chi connectivity index (χ0v) is 11.8.